The molecule has 0 radical (unpaired) electrons. The number of nitrogens with zero attached hydrogens (tertiary/aromatic N) is 3. The van der Waals surface area contributed by atoms with Crippen LogP contribution in [0.3, 0.4) is 0 Å². The quantitative estimate of drug-likeness (QED) is 0.390. The highest BCUT2D eigenvalue weighted by Gasteiger charge is 2.13. The topological polar surface area (TPSA) is 93.6 Å². The van der Waals surface area contributed by atoms with Gasteiger partial charge in [-0.3, -0.25) is 0 Å². The third-order valence-corrected chi connectivity index (χ3v) is 2.83. The van der Waals surface area contributed by atoms with E-state index in [0.29, 0.717) is 4.47 Å². The Bertz CT molecular complexity index is 636. The fourth-order valence-corrected chi connectivity index (χ4v) is 1.63. The van der Waals surface area contributed by atoms with E-state index in [9.17, 15) is 4.39 Å². The molecule has 1 aromatic carbocycles. The van der Waals surface area contributed by atoms with Crippen molar-refractivity contribution in [2.75, 3.05) is 0 Å². The highest BCUT2D eigenvalue weighted by atomic mass is 79.9. The third kappa shape index (κ3) is 2.97. The summed E-state index contributed by atoms with van der Waals surface area (Å²) >= 11 is 3.22. The van der Waals surface area contributed by atoms with Gasteiger partial charge in [-0.1, -0.05) is 5.16 Å². The van der Waals surface area contributed by atoms with E-state index in [2.05, 4.69) is 31.3 Å². The second kappa shape index (κ2) is 5.61. The Balaban J connectivity index is 2.41. The van der Waals surface area contributed by atoms with Crippen LogP contribution in [0.15, 0.2) is 40.1 Å². The van der Waals surface area contributed by atoms with Crippen molar-refractivity contribution >= 4 is 21.8 Å². The van der Waals surface area contributed by atoms with Gasteiger partial charge in [-0.2, -0.15) is 5.10 Å². The molecule has 0 aliphatic heterocycles. The molecule has 0 atom stereocenters. The molecule has 6 nitrogen and oxygen atoms in total. The maximum atomic E-state index is 13.1. The molecule has 0 aliphatic carbocycles. The van der Waals surface area contributed by atoms with Crippen LogP contribution in [0.2, 0.25) is 0 Å². The number of aromatic nitrogens is 2. The first-order chi connectivity index (χ1) is 9.11. The first-order valence-corrected chi connectivity index (χ1v) is 5.83. The summed E-state index contributed by atoms with van der Waals surface area (Å²) in [5.41, 5.74) is 5.73. The van der Waals surface area contributed by atoms with E-state index in [1.165, 1.54) is 30.5 Å². The van der Waals surface area contributed by atoms with Crippen molar-refractivity contribution in [1.29, 1.82) is 0 Å². The number of rotatable bonds is 3. The zero-order valence-corrected chi connectivity index (χ0v) is 11.0. The lowest BCUT2D eigenvalue weighted by molar-refractivity contribution is 0.318. The average Bonchev–Trinajstić information content (AvgIpc) is 2.42. The Kier molecular flexibility index (Phi) is 3.91. The first-order valence-electron chi connectivity index (χ1n) is 5.04. The fourth-order valence-electron chi connectivity index (χ4n) is 1.30. The summed E-state index contributed by atoms with van der Waals surface area (Å²) in [5.74, 6) is -0.443. The molecule has 2 rings (SSSR count). The molecule has 0 aliphatic rings. The van der Waals surface area contributed by atoms with Crippen LogP contribution in [0.25, 0.3) is 0 Å². The van der Waals surface area contributed by atoms with Gasteiger partial charge in [0.2, 0.25) is 5.88 Å². The minimum Gasteiger partial charge on any atom is -0.436 e. The van der Waals surface area contributed by atoms with E-state index < -0.39 is 5.82 Å². The number of benzene rings is 1. The lowest BCUT2D eigenvalue weighted by Gasteiger charge is -2.09. The normalized spacial score (nSPS) is 11.4. The number of hydrogen-bond acceptors (Lipinski definition) is 5. The van der Waals surface area contributed by atoms with Crippen LogP contribution >= 0.6 is 15.9 Å². The average molecular weight is 327 g/mol. The van der Waals surface area contributed by atoms with Gasteiger partial charge in [-0.05, 0) is 34.1 Å². The standard InChI is InChI=1S/C11H8BrFN4O2/c12-8-2-1-6(13)5-9(8)19-11-7(10(14)17-18)3-4-15-16-11/h1-5,18H,(H2,14,17). The van der Waals surface area contributed by atoms with Crippen LogP contribution in [0, 0.1) is 5.82 Å². The molecule has 19 heavy (non-hydrogen) atoms. The minimum absolute atomic E-state index is 0.00380. The van der Waals surface area contributed by atoms with Gasteiger partial charge in [-0.15, -0.1) is 5.10 Å². The largest absolute Gasteiger partial charge is 0.436 e. The lowest BCUT2D eigenvalue weighted by Crippen LogP contribution is -2.15. The Morgan fingerprint density at radius 3 is 2.95 bits per heavy atom. The molecule has 0 bridgehead atoms. The summed E-state index contributed by atoms with van der Waals surface area (Å²) in [4.78, 5) is 0. The van der Waals surface area contributed by atoms with Gasteiger partial charge in [0.15, 0.2) is 5.84 Å². The molecule has 0 saturated carbocycles. The molecule has 0 fully saturated rings. The van der Waals surface area contributed by atoms with Crippen LogP contribution in [0.5, 0.6) is 11.6 Å². The number of hydrogen-bond donors (Lipinski definition) is 2. The molecule has 1 heterocycles. The predicted molar refractivity (Wildman–Crippen MR) is 68.7 cm³/mol. The summed E-state index contributed by atoms with van der Waals surface area (Å²) in [6.45, 7) is 0. The van der Waals surface area contributed by atoms with Gasteiger partial charge in [-0.25, -0.2) is 4.39 Å². The zero-order chi connectivity index (χ0) is 13.8. The first kappa shape index (κ1) is 13.2. The van der Waals surface area contributed by atoms with Crippen LogP contribution in [-0.2, 0) is 0 Å². The maximum absolute atomic E-state index is 13.1. The van der Waals surface area contributed by atoms with E-state index in [-0.39, 0.29) is 23.0 Å². The zero-order valence-electron chi connectivity index (χ0n) is 9.42. The Morgan fingerprint density at radius 2 is 2.21 bits per heavy atom. The number of halogens is 2. The Labute approximate surface area is 115 Å². The van der Waals surface area contributed by atoms with E-state index in [1.807, 2.05) is 0 Å². The van der Waals surface area contributed by atoms with Crippen molar-refractivity contribution in [3.63, 3.8) is 0 Å². The predicted octanol–water partition coefficient (Wildman–Crippen LogP) is 2.27. The SMILES string of the molecule is N/C(=N/O)c1ccnnc1Oc1cc(F)ccc1Br. The lowest BCUT2D eigenvalue weighted by atomic mass is 10.3. The van der Waals surface area contributed by atoms with Crippen molar-refractivity contribution in [1.82, 2.24) is 10.2 Å². The van der Waals surface area contributed by atoms with Crippen molar-refractivity contribution in [2.45, 2.75) is 0 Å². The summed E-state index contributed by atoms with van der Waals surface area (Å²) in [7, 11) is 0. The van der Waals surface area contributed by atoms with Crippen LogP contribution in [-0.4, -0.2) is 21.2 Å². The molecule has 1 aromatic heterocycles. The van der Waals surface area contributed by atoms with Gasteiger partial charge in [0.1, 0.15) is 11.6 Å². The van der Waals surface area contributed by atoms with E-state index in [1.54, 1.807) is 0 Å². The highest BCUT2D eigenvalue weighted by Crippen LogP contribution is 2.30. The van der Waals surface area contributed by atoms with E-state index in [0.717, 1.165) is 0 Å². The molecule has 0 unspecified atom stereocenters. The van der Waals surface area contributed by atoms with Gasteiger partial charge < -0.3 is 15.7 Å². The highest BCUT2D eigenvalue weighted by molar-refractivity contribution is 9.10. The molecule has 3 N–H and O–H groups in total. The Morgan fingerprint density at radius 1 is 1.42 bits per heavy atom. The molecular formula is C11H8BrFN4O2. The molecule has 0 amide bonds. The van der Waals surface area contributed by atoms with E-state index >= 15 is 0 Å². The number of ether oxygens (including phenoxy) is 1. The van der Waals surface area contributed by atoms with Crippen molar-refractivity contribution < 1.29 is 14.3 Å². The minimum atomic E-state index is -0.465. The van der Waals surface area contributed by atoms with Crippen LogP contribution in [0.1, 0.15) is 5.56 Å². The smallest absolute Gasteiger partial charge is 0.250 e. The Hall–Kier alpha value is -2.22. The molecule has 98 valence electrons. The van der Waals surface area contributed by atoms with Gasteiger partial charge in [0.05, 0.1) is 16.2 Å². The second-order valence-electron chi connectivity index (χ2n) is 3.41. The van der Waals surface area contributed by atoms with Crippen LogP contribution < -0.4 is 10.5 Å². The number of nitrogens with two attached hydrogens (primary N) is 1. The number of oxime groups is 1. The van der Waals surface area contributed by atoms with Crippen molar-refractivity contribution in [2.24, 2.45) is 10.9 Å². The van der Waals surface area contributed by atoms with Crippen molar-refractivity contribution in [3.8, 4) is 11.6 Å². The molecular weight excluding hydrogens is 319 g/mol. The molecule has 0 saturated heterocycles. The maximum Gasteiger partial charge on any atom is 0.250 e. The fraction of sp³-hybridized carbons (Fsp3) is 0. The van der Waals surface area contributed by atoms with Gasteiger partial charge >= 0.3 is 0 Å². The van der Waals surface area contributed by atoms with Crippen molar-refractivity contribution in [3.05, 3.63) is 46.3 Å². The van der Waals surface area contributed by atoms with Gasteiger partial charge in [0.25, 0.3) is 0 Å². The third-order valence-electron chi connectivity index (χ3n) is 2.17. The molecule has 0 spiro atoms. The molecule has 2 aromatic rings. The monoisotopic (exact) mass is 326 g/mol. The van der Waals surface area contributed by atoms with Crippen LogP contribution in [0.4, 0.5) is 4.39 Å². The molecule has 8 heteroatoms. The summed E-state index contributed by atoms with van der Waals surface area (Å²) in [5, 5.41) is 18.9. The summed E-state index contributed by atoms with van der Waals surface area (Å²) in [6.07, 6.45) is 1.36. The summed E-state index contributed by atoms with van der Waals surface area (Å²) < 4.78 is 19.1. The summed E-state index contributed by atoms with van der Waals surface area (Å²) in [6, 6.07) is 5.40. The van der Waals surface area contributed by atoms with Gasteiger partial charge in [0, 0.05) is 6.07 Å². The number of amidine groups is 1. The van der Waals surface area contributed by atoms with E-state index in [4.69, 9.17) is 15.7 Å². The second-order valence-corrected chi connectivity index (χ2v) is 4.27.